The first-order chi connectivity index (χ1) is 14.2. The first kappa shape index (κ1) is 22.4. The molecule has 2 saturated heterocycles. The van der Waals surface area contributed by atoms with Crippen LogP contribution in [0.3, 0.4) is 0 Å². The van der Waals surface area contributed by atoms with Crippen LogP contribution in [0.25, 0.3) is 0 Å². The highest BCUT2D eigenvalue weighted by Gasteiger charge is 2.24. The highest BCUT2D eigenvalue weighted by molar-refractivity contribution is 8.00. The number of guanidine groups is 1. The van der Waals surface area contributed by atoms with Gasteiger partial charge in [0.15, 0.2) is 5.96 Å². The van der Waals surface area contributed by atoms with Crippen molar-refractivity contribution in [2.45, 2.75) is 58.1 Å². The number of aliphatic imine (C=N–C) groups is 1. The molecule has 0 radical (unpaired) electrons. The van der Waals surface area contributed by atoms with Crippen molar-refractivity contribution < 1.29 is 9.47 Å². The monoisotopic (exact) mass is 419 g/mol. The van der Waals surface area contributed by atoms with E-state index in [0.29, 0.717) is 30.4 Å². The normalized spacial score (nSPS) is 21.6. The fourth-order valence-electron chi connectivity index (χ4n) is 3.66. The van der Waals surface area contributed by atoms with Gasteiger partial charge >= 0.3 is 0 Å². The van der Waals surface area contributed by atoms with Gasteiger partial charge in [0, 0.05) is 43.9 Å². The van der Waals surface area contributed by atoms with Gasteiger partial charge in [-0.25, -0.2) is 4.99 Å². The predicted molar refractivity (Wildman–Crippen MR) is 123 cm³/mol. The minimum absolute atomic E-state index is 0.341. The molecular formula is C23H37N3O2S. The van der Waals surface area contributed by atoms with E-state index in [0.717, 1.165) is 51.6 Å². The molecule has 1 atom stereocenters. The zero-order valence-corrected chi connectivity index (χ0v) is 19.0. The maximum Gasteiger partial charge on any atom is 0.194 e. The number of nitrogens with zero attached hydrogens (tertiary/aromatic N) is 2. The maximum atomic E-state index is 6.02. The molecule has 5 nitrogen and oxygen atoms in total. The van der Waals surface area contributed by atoms with Crippen LogP contribution in [0.4, 0.5) is 0 Å². The second-order valence-electron chi connectivity index (χ2n) is 8.21. The largest absolute Gasteiger partial charge is 0.381 e. The van der Waals surface area contributed by atoms with Gasteiger partial charge < -0.3 is 19.7 Å². The predicted octanol–water partition coefficient (Wildman–Crippen LogP) is 3.92. The Morgan fingerprint density at radius 1 is 1.24 bits per heavy atom. The van der Waals surface area contributed by atoms with Crippen molar-refractivity contribution in [1.82, 2.24) is 10.2 Å². The molecule has 1 N–H and O–H groups in total. The SMILES string of the molecule is CCNC(=NCc1ccc(COC2CCOCC2)cc1)N1CCSC(C(C)C)C1. The average Bonchev–Trinajstić information content (AvgIpc) is 2.76. The summed E-state index contributed by atoms with van der Waals surface area (Å²) in [6.45, 7) is 12.9. The van der Waals surface area contributed by atoms with Crippen molar-refractivity contribution in [1.29, 1.82) is 0 Å². The Morgan fingerprint density at radius 2 is 1.97 bits per heavy atom. The van der Waals surface area contributed by atoms with Gasteiger partial charge in [0.1, 0.15) is 0 Å². The molecule has 6 heteroatoms. The van der Waals surface area contributed by atoms with E-state index in [9.17, 15) is 0 Å². The molecule has 1 unspecified atom stereocenters. The molecule has 0 aliphatic carbocycles. The van der Waals surface area contributed by atoms with E-state index in [2.05, 4.69) is 67.0 Å². The van der Waals surface area contributed by atoms with E-state index < -0.39 is 0 Å². The summed E-state index contributed by atoms with van der Waals surface area (Å²) >= 11 is 2.10. The van der Waals surface area contributed by atoms with Crippen LogP contribution in [-0.4, -0.2) is 60.8 Å². The summed E-state index contributed by atoms with van der Waals surface area (Å²) in [6.07, 6.45) is 2.35. The molecule has 2 aliphatic rings. The molecule has 0 saturated carbocycles. The average molecular weight is 420 g/mol. The lowest BCUT2D eigenvalue weighted by atomic mass is 10.1. The zero-order chi connectivity index (χ0) is 20.5. The van der Waals surface area contributed by atoms with Gasteiger partial charge in [-0.3, -0.25) is 0 Å². The quantitative estimate of drug-likeness (QED) is 0.536. The Balaban J connectivity index is 1.53. The van der Waals surface area contributed by atoms with Crippen LogP contribution < -0.4 is 5.32 Å². The third-order valence-corrected chi connectivity index (χ3v) is 7.10. The minimum atomic E-state index is 0.341. The van der Waals surface area contributed by atoms with Crippen LogP contribution in [0.15, 0.2) is 29.3 Å². The molecule has 2 heterocycles. The van der Waals surface area contributed by atoms with Crippen LogP contribution in [-0.2, 0) is 22.6 Å². The number of rotatable bonds is 7. The molecule has 0 aromatic heterocycles. The molecule has 0 bridgehead atoms. The number of ether oxygens (including phenoxy) is 2. The van der Waals surface area contributed by atoms with Gasteiger partial charge in [-0.1, -0.05) is 38.1 Å². The lowest BCUT2D eigenvalue weighted by Crippen LogP contribution is -2.49. The Morgan fingerprint density at radius 3 is 2.66 bits per heavy atom. The van der Waals surface area contributed by atoms with Crippen LogP contribution in [0.5, 0.6) is 0 Å². The summed E-state index contributed by atoms with van der Waals surface area (Å²) in [5, 5.41) is 4.17. The van der Waals surface area contributed by atoms with Crippen LogP contribution in [0.2, 0.25) is 0 Å². The van der Waals surface area contributed by atoms with Crippen LogP contribution >= 0.6 is 11.8 Å². The van der Waals surface area contributed by atoms with Gasteiger partial charge in [-0.05, 0) is 36.8 Å². The molecule has 29 heavy (non-hydrogen) atoms. The fourth-order valence-corrected chi connectivity index (χ4v) is 4.96. The van der Waals surface area contributed by atoms with E-state index in [1.807, 2.05) is 0 Å². The summed E-state index contributed by atoms with van der Waals surface area (Å²) < 4.78 is 11.4. The third kappa shape index (κ3) is 7.19. The Hall–Kier alpha value is -1.24. The summed E-state index contributed by atoms with van der Waals surface area (Å²) in [5.41, 5.74) is 2.46. The second-order valence-corrected chi connectivity index (χ2v) is 9.56. The Kier molecular flexibility index (Phi) is 9.15. The van der Waals surface area contributed by atoms with Crippen molar-refractivity contribution in [3.63, 3.8) is 0 Å². The number of thioether (sulfide) groups is 1. The summed E-state index contributed by atoms with van der Waals surface area (Å²) in [6, 6.07) is 8.70. The van der Waals surface area contributed by atoms with E-state index in [1.165, 1.54) is 16.9 Å². The van der Waals surface area contributed by atoms with Gasteiger partial charge in [-0.2, -0.15) is 11.8 Å². The summed E-state index contributed by atoms with van der Waals surface area (Å²) in [4.78, 5) is 7.36. The Bertz CT molecular complexity index is 630. The van der Waals surface area contributed by atoms with Crippen molar-refractivity contribution in [2.24, 2.45) is 10.9 Å². The molecule has 162 valence electrons. The van der Waals surface area contributed by atoms with E-state index in [-0.39, 0.29) is 0 Å². The number of nitrogens with one attached hydrogen (secondary N) is 1. The molecule has 3 rings (SSSR count). The summed E-state index contributed by atoms with van der Waals surface area (Å²) in [7, 11) is 0. The van der Waals surface area contributed by atoms with Crippen molar-refractivity contribution >= 4 is 17.7 Å². The van der Waals surface area contributed by atoms with Crippen LogP contribution in [0, 0.1) is 5.92 Å². The molecule has 0 amide bonds. The smallest absolute Gasteiger partial charge is 0.194 e. The van der Waals surface area contributed by atoms with E-state index in [1.54, 1.807) is 0 Å². The second kappa shape index (κ2) is 11.8. The first-order valence-electron chi connectivity index (χ1n) is 11.1. The third-order valence-electron chi connectivity index (χ3n) is 5.56. The number of hydrogen-bond donors (Lipinski definition) is 1. The molecule has 1 aromatic rings. The summed E-state index contributed by atoms with van der Waals surface area (Å²) in [5.74, 6) is 2.92. The number of hydrogen-bond acceptors (Lipinski definition) is 4. The molecule has 2 fully saturated rings. The molecule has 1 aromatic carbocycles. The Labute approximate surface area is 180 Å². The lowest BCUT2D eigenvalue weighted by Gasteiger charge is -2.36. The lowest BCUT2D eigenvalue weighted by molar-refractivity contribution is -0.0390. The minimum Gasteiger partial charge on any atom is -0.381 e. The number of benzene rings is 1. The molecule has 0 spiro atoms. The molecular weight excluding hydrogens is 382 g/mol. The van der Waals surface area contributed by atoms with Crippen molar-refractivity contribution in [2.75, 3.05) is 38.6 Å². The van der Waals surface area contributed by atoms with Gasteiger partial charge in [0.25, 0.3) is 0 Å². The highest BCUT2D eigenvalue weighted by Crippen LogP contribution is 2.25. The highest BCUT2D eigenvalue weighted by atomic mass is 32.2. The fraction of sp³-hybridized carbons (Fsp3) is 0.696. The van der Waals surface area contributed by atoms with Crippen molar-refractivity contribution in [3.05, 3.63) is 35.4 Å². The van der Waals surface area contributed by atoms with Gasteiger partial charge in [0.2, 0.25) is 0 Å². The standard InChI is InChI=1S/C23H37N3O2S/c1-4-24-23(26-11-14-29-22(16-26)18(2)3)25-15-19-5-7-20(8-6-19)17-28-21-9-12-27-13-10-21/h5-8,18,21-22H,4,9-17H2,1-3H3,(H,24,25). The van der Waals surface area contributed by atoms with Crippen LogP contribution in [0.1, 0.15) is 44.7 Å². The van der Waals surface area contributed by atoms with E-state index in [4.69, 9.17) is 14.5 Å². The zero-order valence-electron chi connectivity index (χ0n) is 18.2. The topological polar surface area (TPSA) is 46.1 Å². The molecule has 2 aliphatic heterocycles. The van der Waals surface area contributed by atoms with Gasteiger partial charge in [-0.15, -0.1) is 0 Å². The van der Waals surface area contributed by atoms with E-state index >= 15 is 0 Å². The van der Waals surface area contributed by atoms with Crippen molar-refractivity contribution in [3.8, 4) is 0 Å². The maximum absolute atomic E-state index is 6.02. The van der Waals surface area contributed by atoms with Gasteiger partial charge in [0.05, 0.1) is 19.3 Å². The first-order valence-corrected chi connectivity index (χ1v) is 12.1.